The summed E-state index contributed by atoms with van der Waals surface area (Å²) >= 11 is 0. The van der Waals surface area contributed by atoms with E-state index in [1.165, 1.54) is 0 Å². The van der Waals surface area contributed by atoms with E-state index in [-0.39, 0.29) is 30.2 Å². The summed E-state index contributed by atoms with van der Waals surface area (Å²) in [5, 5.41) is 5.34. The maximum Gasteiger partial charge on any atom is 0.258 e. The minimum absolute atomic E-state index is 0.164. The largest absolute Gasteiger partial charge is 0.378 e. The summed E-state index contributed by atoms with van der Waals surface area (Å²) in [5.41, 5.74) is 3.52. The van der Waals surface area contributed by atoms with E-state index in [2.05, 4.69) is 15.6 Å². The first-order valence-corrected chi connectivity index (χ1v) is 8.45. The maximum absolute atomic E-state index is 12.5. The summed E-state index contributed by atoms with van der Waals surface area (Å²) in [6.45, 7) is 2.01. The molecule has 0 spiro atoms. The molecule has 0 fully saturated rings. The number of guanidine groups is 1. The quantitative estimate of drug-likeness (QED) is 0.893. The number of nitrogens with zero attached hydrogens (tertiary/aromatic N) is 2. The lowest BCUT2D eigenvalue weighted by molar-refractivity contribution is -0.120. The molecule has 1 aliphatic rings. The molecule has 2 aromatic carbocycles. The van der Waals surface area contributed by atoms with Crippen LogP contribution in [-0.4, -0.2) is 31.9 Å². The van der Waals surface area contributed by atoms with Gasteiger partial charge in [0.1, 0.15) is 0 Å². The first-order chi connectivity index (χ1) is 12.4. The highest BCUT2D eigenvalue weighted by molar-refractivity contribution is 6.10. The minimum Gasteiger partial charge on any atom is -0.378 e. The Labute approximate surface area is 152 Å². The minimum atomic E-state index is -0.308. The first kappa shape index (κ1) is 17.7. The van der Waals surface area contributed by atoms with Crippen molar-refractivity contribution < 1.29 is 9.59 Å². The number of amides is 2. The van der Waals surface area contributed by atoms with Crippen molar-refractivity contribution >= 4 is 23.5 Å². The maximum atomic E-state index is 12.5. The van der Waals surface area contributed by atoms with E-state index in [1.54, 1.807) is 12.1 Å². The molecule has 1 atom stereocenters. The number of aryl methyl sites for hydroxylation is 1. The predicted molar refractivity (Wildman–Crippen MR) is 102 cm³/mol. The highest BCUT2D eigenvalue weighted by Gasteiger charge is 2.23. The van der Waals surface area contributed by atoms with Gasteiger partial charge in [-0.1, -0.05) is 35.9 Å². The molecule has 0 saturated carbocycles. The molecule has 0 aromatic heterocycles. The van der Waals surface area contributed by atoms with Crippen LogP contribution in [0.5, 0.6) is 0 Å². The van der Waals surface area contributed by atoms with E-state index in [1.807, 2.05) is 62.3 Å². The molecule has 6 nitrogen and oxygen atoms in total. The van der Waals surface area contributed by atoms with Crippen LogP contribution in [0.15, 0.2) is 53.5 Å². The van der Waals surface area contributed by atoms with Crippen LogP contribution in [-0.2, 0) is 4.79 Å². The zero-order valence-electron chi connectivity index (χ0n) is 15.1. The molecule has 6 heteroatoms. The normalized spacial score (nSPS) is 16.5. The molecular formula is C20H22N4O2. The Hall–Kier alpha value is -3.15. The fourth-order valence-corrected chi connectivity index (χ4v) is 2.74. The molecule has 1 unspecified atom stereocenters. The van der Waals surface area contributed by atoms with Crippen LogP contribution < -0.4 is 15.5 Å². The lowest BCUT2D eigenvalue weighted by Crippen LogP contribution is -2.47. The molecule has 134 valence electrons. The molecule has 1 heterocycles. The number of carbonyl (C=O) groups is 2. The molecule has 2 N–H and O–H groups in total. The number of benzene rings is 2. The highest BCUT2D eigenvalue weighted by atomic mass is 16.2. The second-order valence-corrected chi connectivity index (χ2v) is 6.56. The summed E-state index contributed by atoms with van der Waals surface area (Å²) in [4.78, 5) is 31.0. The summed E-state index contributed by atoms with van der Waals surface area (Å²) in [6.07, 6.45) is 0.262. The Balaban J connectivity index is 1.79. The molecule has 0 bridgehead atoms. The van der Waals surface area contributed by atoms with Crippen LogP contribution >= 0.6 is 0 Å². The topological polar surface area (TPSA) is 73.8 Å². The summed E-state index contributed by atoms with van der Waals surface area (Å²) < 4.78 is 0. The van der Waals surface area contributed by atoms with Crippen molar-refractivity contribution in [2.45, 2.75) is 19.4 Å². The van der Waals surface area contributed by atoms with Crippen molar-refractivity contribution in [1.29, 1.82) is 0 Å². The Morgan fingerprint density at radius 3 is 2.62 bits per heavy atom. The second-order valence-electron chi connectivity index (χ2n) is 6.56. The van der Waals surface area contributed by atoms with Gasteiger partial charge in [0.05, 0.1) is 12.5 Å². The van der Waals surface area contributed by atoms with Crippen molar-refractivity contribution in [3.8, 4) is 0 Å². The molecular weight excluding hydrogens is 328 g/mol. The summed E-state index contributed by atoms with van der Waals surface area (Å²) in [6, 6.07) is 14.9. The van der Waals surface area contributed by atoms with Gasteiger partial charge in [-0.05, 0) is 30.7 Å². The molecule has 2 amide bonds. The smallest absolute Gasteiger partial charge is 0.258 e. The van der Waals surface area contributed by atoms with Gasteiger partial charge in [0, 0.05) is 25.3 Å². The average molecular weight is 350 g/mol. The van der Waals surface area contributed by atoms with E-state index in [9.17, 15) is 9.59 Å². The van der Waals surface area contributed by atoms with E-state index in [4.69, 9.17) is 0 Å². The van der Waals surface area contributed by atoms with Gasteiger partial charge in [-0.2, -0.15) is 0 Å². The third-order valence-corrected chi connectivity index (χ3v) is 4.24. The van der Waals surface area contributed by atoms with Gasteiger partial charge < -0.3 is 4.90 Å². The summed E-state index contributed by atoms with van der Waals surface area (Å²) in [7, 11) is 3.82. The molecule has 0 saturated heterocycles. The van der Waals surface area contributed by atoms with Crippen LogP contribution in [0, 0.1) is 6.92 Å². The first-order valence-electron chi connectivity index (χ1n) is 8.45. The monoisotopic (exact) mass is 350 g/mol. The number of anilines is 1. The van der Waals surface area contributed by atoms with Crippen LogP contribution in [0.1, 0.15) is 33.9 Å². The Morgan fingerprint density at radius 1 is 1.19 bits per heavy atom. The van der Waals surface area contributed by atoms with Crippen molar-refractivity contribution in [1.82, 2.24) is 10.6 Å². The van der Waals surface area contributed by atoms with Crippen LogP contribution in [0.3, 0.4) is 0 Å². The van der Waals surface area contributed by atoms with Gasteiger partial charge in [-0.25, -0.2) is 4.99 Å². The molecule has 3 rings (SSSR count). The molecule has 1 aliphatic heterocycles. The molecule has 26 heavy (non-hydrogen) atoms. The van der Waals surface area contributed by atoms with E-state index in [0.717, 1.165) is 16.8 Å². The van der Waals surface area contributed by atoms with Crippen molar-refractivity contribution in [2.24, 2.45) is 4.99 Å². The number of aliphatic imine (C=N–C) groups is 1. The van der Waals surface area contributed by atoms with Gasteiger partial charge in [0.15, 0.2) is 0 Å². The SMILES string of the molecule is Cc1ccc(C2CC(=O)NC(NC(=O)c3cccc(N(C)C)c3)=N2)cc1. The number of carbonyl (C=O) groups excluding carboxylic acids is 2. The van der Waals surface area contributed by atoms with Gasteiger partial charge in [-0.15, -0.1) is 0 Å². The third kappa shape index (κ3) is 4.08. The molecule has 0 aliphatic carbocycles. The van der Waals surface area contributed by atoms with Gasteiger partial charge in [0.25, 0.3) is 5.91 Å². The van der Waals surface area contributed by atoms with Crippen molar-refractivity contribution in [2.75, 3.05) is 19.0 Å². The van der Waals surface area contributed by atoms with E-state index < -0.39 is 0 Å². The Kier molecular flexibility index (Phi) is 5.02. The van der Waals surface area contributed by atoms with Gasteiger partial charge in [-0.3, -0.25) is 20.2 Å². The van der Waals surface area contributed by atoms with Crippen LogP contribution in [0.2, 0.25) is 0 Å². The number of hydrogen-bond donors (Lipinski definition) is 2. The Morgan fingerprint density at radius 2 is 1.92 bits per heavy atom. The number of rotatable bonds is 3. The average Bonchev–Trinajstić information content (AvgIpc) is 2.62. The van der Waals surface area contributed by atoms with E-state index >= 15 is 0 Å². The lowest BCUT2D eigenvalue weighted by Gasteiger charge is -2.21. The lowest BCUT2D eigenvalue weighted by atomic mass is 10.0. The summed E-state index contributed by atoms with van der Waals surface area (Å²) in [5.74, 6) is -0.285. The number of hydrogen-bond acceptors (Lipinski definition) is 4. The van der Waals surface area contributed by atoms with Gasteiger partial charge >= 0.3 is 0 Å². The molecule has 2 aromatic rings. The molecule has 0 radical (unpaired) electrons. The highest BCUT2D eigenvalue weighted by Crippen LogP contribution is 2.23. The zero-order valence-corrected chi connectivity index (χ0v) is 15.1. The van der Waals surface area contributed by atoms with Crippen molar-refractivity contribution in [3.63, 3.8) is 0 Å². The third-order valence-electron chi connectivity index (χ3n) is 4.24. The second kappa shape index (κ2) is 7.39. The van der Waals surface area contributed by atoms with Gasteiger partial charge in [0.2, 0.25) is 11.9 Å². The van der Waals surface area contributed by atoms with Crippen molar-refractivity contribution in [3.05, 3.63) is 65.2 Å². The van der Waals surface area contributed by atoms with Crippen LogP contribution in [0.25, 0.3) is 0 Å². The fourth-order valence-electron chi connectivity index (χ4n) is 2.74. The zero-order chi connectivity index (χ0) is 18.7. The van der Waals surface area contributed by atoms with E-state index in [0.29, 0.717) is 5.56 Å². The Bertz CT molecular complexity index is 856. The standard InChI is InChI=1S/C20H22N4O2/c1-13-7-9-14(10-8-13)17-12-18(25)22-20(21-17)23-19(26)15-5-4-6-16(11-15)24(2)3/h4-11,17H,12H2,1-3H3,(H2,21,22,23,25,26). The predicted octanol–water partition coefficient (Wildman–Crippen LogP) is 2.41. The number of nitrogens with one attached hydrogen (secondary N) is 2. The fraction of sp³-hybridized carbons (Fsp3) is 0.250. The van der Waals surface area contributed by atoms with Crippen LogP contribution in [0.4, 0.5) is 5.69 Å².